The number of esters is 1. The number of ether oxygens (including phenoxy) is 2. The van der Waals surface area contributed by atoms with Gasteiger partial charge in [-0.05, 0) is 25.0 Å². The van der Waals surface area contributed by atoms with Crippen molar-refractivity contribution in [2.75, 3.05) is 14.2 Å². The second-order valence-corrected chi connectivity index (χ2v) is 5.30. The zero-order chi connectivity index (χ0) is 13.6. The zero-order valence-corrected chi connectivity index (χ0v) is 11.4. The highest BCUT2D eigenvalue weighted by Gasteiger charge is 2.43. The molecule has 1 fully saturated rings. The van der Waals surface area contributed by atoms with Crippen LogP contribution in [0.15, 0.2) is 18.3 Å². The lowest BCUT2D eigenvalue weighted by atomic mass is 10.1. The molecule has 6 heteroatoms. The van der Waals surface area contributed by atoms with E-state index < -0.39 is 11.0 Å². The largest absolute Gasteiger partial charge is 0.494 e. The lowest BCUT2D eigenvalue weighted by Gasteiger charge is -2.05. The second kappa shape index (κ2) is 4.13. The highest BCUT2D eigenvalue weighted by molar-refractivity contribution is 6.23. The zero-order valence-electron chi connectivity index (χ0n) is 10.6. The average molecular weight is 281 g/mol. The fraction of sp³-hybridized carbons (Fsp3) is 0.385. The Morgan fingerprint density at radius 2 is 2.16 bits per heavy atom. The Balaban J connectivity index is 2.17. The van der Waals surface area contributed by atoms with E-state index in [0.29, 0.717) is 16.8 Å². The Hall–Kier alpha value is -1.75. The molecule has 0 spiro atoms. The first kappa shape index (κ1) is 12.3. The number of aromatic nitrogens is 2. The van der Waals surface area contributed by atoms with E-state index in [9.17, 15) is 4.79 Å². The van der Waals surface area contributed by atoms with Crippen molar-refractivity contribution in [3.8, 4) is 5.75 Å². The van der Waals surface area contributed by atoms with Gasteiger partial charge in [-0.3, -0.25) is 4.68 Å². The minimum Gasteiger partial charge on any atom is -0.494 e. The summed E-state index contributed by atoms with van der Waals surface area (Å²) in [6.45, 7) is 0. The van der Waals surface area contributed by atoms with Gasteiger partial charge in [-0.25, -0.2) is 4.79 Å². The quantitative estimate of drug-likeness (QED) is 0.640. The third kappa shape index (κ3) is 1.94. The first-order chi connectivity index (χ1) is 9.07. The molecular weight excluding hydrogens is 268 g/mol. The fourth-order valence-corrected chi connectivity index (χ4v) is 2.21. The predicted octanol–water partition coefficient (Wildman–Crippen LogP) is 2.52. The number of carbonyl (C=O) groups is 1. The summed E-state index contributed by atoms with van der Waals surface area (Å²) in [6, 6.07) is 3.36. The van der Waals surface area contributed by atoms with Crippen molar-refractivity contribution in [3.63, 3.8) is 0 Å². The predicted molar refractivity (Wildman–Crippen MR) is 70.7 cm³/mol. The number of hydrogen-bond acceptors (Lipinski definition) is 4. The van der Waals surface area contributed by atoms with E-state index in [0.717, 1.165) is 18.2 Å². The first-order valence-corrected chi connectivity index (χ1v) is 6.30. The number of rotatable bonds is 3. The molecule has 0 aliphatic heterocycles. The SMILES string of the molecule is COC(=O)c1cc(OC)c2nn(C3(Cl)CC3)cc2c1. The highest BCUT2D eigenvalue weighted by atomic mass is 35.5. The topological polar surface area (TPSA) is 53.4 Å². The van der Waals surface area contributed by atoms with Gasteiger partial charge in [0, 0.05) is 11.6 Å². The van der Waals surface area contributed by atoms with Crippen molar-refractivity contribution in [2.24, 2.45) is 0 Å². The summed E-state index contributed by atoms with van der Waals surface area (Å²) in [7, 11) is 2.89. The van der Waals surface area contributed by atoms with Crippen LogP contribution >= 0.6 is 11.6 Å². The Labute approximate surface area is 115 Å². The number of alkyl halides is 1. The van der Waals surface area contributed by atoms with Gasteiger partial charge >= 0.3 is 5.97 Å². The van der Waals surface area contributed by atoms with Gasteiger partial charge < -0.3 is 9.47 Å². The fourth-order valence-electron chi connectivity index (χ4n) is 2.03. The standard InChI is InChI=1S/C13H13ClN2O3/c1-18-10-6-8(12(17)19-2)5-9-7-16(15-11(9)10)13(14)3-4-13/h5-7H,3-4H2,1-2H3. The summed E-state index contributed by atoms with van der Waals surface area (Å²) in [4.78, 5) is 11.2. The minimum atomic E-state index is -0.407. The lowest BCUT2D eigenvalue weighted by Crippen LogP contribution is -2.09. The van der Waals surface area contributed by atoms with Crippen LogP contribution < -0.4 is 4.74 Å². The van der Waals surface area contributed by atoms with Gasteiger partial charge in [0.05, 0.1) is 19.8 Å². The molecule has 1 aromatic carbocycles. The molecule has 100 valence electrons. The molecule has 5 nitrogen and oxygen atoms in total. The van der Waals surface area contributed by atoms with Crippen molar-refractivity contribution >= 4 is 28.5 Å². The van der Waals surface area contributed by atoms with Crippen LogP contribution in [0, 0.1) is 0 Å². The summed E-state index contributed by atoms with van der Waals surface area (Å²) >= 11 is 6.33. The van der Waals surface area contributed by atoms with Gasteiger partial charge in [0.2, 0.25) is 0 Å². The number of fused-ring (bicyclic) bond motifs is 1. The van der Waals surface area contributed by atoms with Gasteiger partial charge in [0.25, 0.3) is 0 Å². The number of nitrogens with zero attached hydrogens (tertiary/aromatic N) is 2. The molecule has 0 bridgehead atoms. The maximum Gasteiger partial charge on any atom is 0.338 e. The van der Waals surface area contributed by atoms with Crippen LogP contribution in [0.2, 0.25) is 0 Å². The highest BCUT2D eigenvalue weighted by Crippen LogP contribution is 2.47. The van der Waals surface area contributed by atoms with Crippen LogP contribution in [0.3, 0.4) is 0 Å². The number of benzene rings is 1. The molecule has 0 amide bonds. The van der Waals surface area contributed by atoms with Crippen LogP contribution in [-0.2, 0) is 9.73 Å². The van der Waals surface area contributed by atoms with Crippen LogP contribution in [0.25, 0.3) is 10.9 Å². The molecule has 0 atom stereocenters. The van der Waals surface area contributed by atoms with Crippen molar-refractivity contribution in [1.82, 2.24) is 9.78 Å². The van der Waals surface area contributed by atoms with E-state index >= 15 is 0 Å². The van der Waals surface area contributed by atoms with Crippen molar-refractivity contribution in [2.45, 2.75) is 17.8 Å². The molecule has 3 rings (SSSR count). The monoisotopic (exact) mass is 280 g/mol. The molecule has 1 saturated carbocycles. The van der Waals surface area contributed by atoms with Crippen molar-refractivity contribution in [3.05, 3.63) is 23.9 Å². The van der Waals surface area contributed by atoms with E-state index in [4.69, 9.17) is 21.1 Å². The van der Waals surface area contributed by atoms with E-state index in [1.54, 1.807) is 23.9 Å². The van der Waals surface area contributed by atoms with Crippen LogP contribution in [0.4, 0.5) is 0 Å². The van der Waals surface area contributed by atoms with Gasteiger partial charge in [0.15, 0.2) is 0 Å². The van der Waals surface area contributed by atoms with Crippen LogP contribution in [0.5, 0.6) is 5.75 Å². The normalized spacial score (nSPS) is 16.4. The number of methoxy groups -OCH3 is 2. The van der Waals surface area contributed by atoms with E-state index in [-0.39, 0.29) is 0 Å². The Morgan fingerprint density at radius 3 is 2.74 bits per heavy atom. The lowest BCUT2D eigenvalue weighted by molar-refractivity contribution is 0.0600. The maximum atomic E-state index is 11.6. The van der Waals surface area contributed by atoms with E-state index in [1.807, 2.05) is 6.20 Å². The molecule has 1 heterocycles. The van der Waals surface area contributed by atoms with E-state index in [1.165, 1.54) is 7.11 Å². The Bertz CT molecular complexity index is 661. The summed E-state index contributed by atoms with van der Waals surface area (Å²) in [6.07, 6.45) is 3.63. The number of halogens is 1. The summed E-state index contributed by atoms with van der Waals surface area (Å²) in [5, 5.41) is 5.26. The number of carbonyl (C=O) groups excluding carboxylic acids is 1. The smallest absolute Gasteiger partial charge is 0.338 e. The number of hydrogen-bond donors (Lipinski definition) is 0. The van der Waals surface area contributed by atoms with Crippen molar-refractivity contribution in [1.29, 1.82) is 0 Å². The van der Waals surface area contributed by atoms with Gasteiger partial charge in [-0.2, -0.15) is 5.10 Å². The third-order valence-electron chi connectivity index (χ3n) is 3.29. The third-order valence-corrected chi connectivity index (χ3v) is 3.84. The summed E-state index contributed by atoms with van der Waals surface area (Å²) in [5.41, 5.74) is 1.13. The summed E-state index contributed by atoms with van der Waals surface area (Å²) in [5.74, 6) is 0.137. The molecular formula is C13H13ClN2O3. The molecule has 1 aliphatic rings. The maximum absolute atomic E-state index is 11.6. The first-order valence-electron chi connectivity index (χ1n) is 5.92. The molecule has 0 saturated heterocycles. The van der Waals surface area contributed by atoms with Crippen molar-refractivity contribution < 1.29 is 14.3 Å². The molecule has 19 heavy (non-hydrogen) atoms. The minimum absolute atomic E-state index is 0.403. The van der Waals surface area contributed by atoms with Gasteiger partial charge in [0.1, 0.15) is 16.3 Å². The van der Waals surface area contributed by atoms with Gasteiger partial charge in [-0.15, -0.1) is 0 Å². The van der Waals surface area contributed by atoms with Gasteiger partial charge in [-0.1, -0.05) is 11.6 Å². The summed E-state index contributed by atoms with van der Waals surface area (Å²) < 4.78 is 11.7. The average Bonchev–Trinajstić information content (AvgIpc) is 3.02. The Morgan fingerprint density at radius 1 is 1.42 bits per heavy atom. The van der Waals surface area contributed by atoms with Crippen LogP contribution in [-0.4, -0.2) is 30.0 Å². The second-order valence-electron chi connectivity index (χ2n) is 4.60. The molecule has 0 unspecified atom stereocenters. The molecule has 1 aromatic heterocycles. The molecule has 0 N–H and O–H groups in total. The van der Waals surface area contributed by atoms with Crippen LogP contribution in [0.1, 0.15) is 23.2 Å². The molecule has 2 aromatic rings. The molecule has 0 radical (unpaired) electrons. The van der Waals surface area contributed by atoms with E-state index in [2.05, 4.69) is 5.10 Å². The molecule has 1 aliphatic carbocycles. The Kier molecular flexibility index (Phi) is 2.67.